The molecule has 0 aliphatic carbocycles. The van der Waals surface area contributed by atoms with Crippen LogP contribution in [0.25, 0.3) is 0 Å². The molecule has 0 aliphatic heterocycles. The first kappa shape index (κ1) is 14.5. The van der Waals surface area contributed by atoms with Crippen LogP contribution in [0.4, 0.5) is 5.00 Å². The molecule has 0 unspecified atom stereocenters. The molecule has 1 heterocycles. The van der Waals surface area contributed by atoms with Crippen LogP contribution in [0.15, 0.2) is 28.7 Å². The number of hydrogen-bond donors (Lipinski definition) is 3. The largest absolute Gasteiger partial charge is 0.507 e. The molecule has 5 nitrogen and oxygen atoms in total. The van der Waals surface area contributed by atoms with Crippen molar-refractivity contribution >= 4 is 44.1 Å². The summed E-state index contributed by atoms with van der Waals surface area (Å²) < 4.78 is 0.495. The minimum atomic E-state index is -1.02. The number of aromatic hydroxyl groups is 1. The molecule has 0 saturated heterocycles. The Balaban J connectivity index is 2.21. The average molecular weight is 356 g/mol. The summed E-state index contributed by atoms with van der Waals surface area (Å²) in [6, 6.07) is 6.05. The fraction of sp³-hybridized carbons (Fsp3) is 0.0769. The Morgan fingerprint density at radius 3 is 2.55 bits per heavy atom. The van der Waals surface area contributed by atoms with Crippen LogP contribution in [-0.2, 0) is 0 Å². The van der Waals surface area contributed by atoms with Gasteiger partial charge in [0, 0.05) is 5.56 Å². The Kier molecular flexibility index (Phi) is 4.10. The van der Waals surface area contributed by atoms with Crippen LogP contribution in [0.5, 0.6) is 5.75 Å². The number of benzene rings is 1. The number of phenolic OH excluding ortho intramolecular Hbond substituents is 1. The maximum atomic E-state index is 12.0. The summed E-state index contributed by atoms with van der Waals surface area (Å²) in [5, 5.41) is 21.6. The number of thiophene rings is 1. The monoisotopic (exact) mass is 355 g/mol. The topological polar surface area (TPSA) is 86.6 Å². The van der Waals surface area contributed by atoms with E-state index in [1.54, 1.807) is 25.1 Å². The molecule has 2 rings (SSSR count). The highest BCUT2D eigenvalue weighted by atomic mass is 79.9. The van der Waals surface area contributed by atoms with Crippen LogP contribution in [0.3, 0.4) is 0 Å². The van der Waals surface area contributed by atoms with Crippen molar-refractivity contribution in [1.82, 2.24) is 0 Å². The zero-order valence-corrected chi connectivity index (χ0v) is 12.7. The van der Waals surface area contributed by atoms with Crippen LogP contribution in [0.2, 0.25) is 0 Å². The smallest absolute Gasteiger partial charge is 0.346 e. The summed E-state index contributed by atoms with van der Waals surface area (Å²) >= 11 is 4.12. The lowest BCUT2D eigenvalue weighted by Crippen LogP contribution is -2.10. The van der Waals surface area contributed by atoms with Crippen molar-refractivity contribution in [3.05, 3.63) is 44.7 Å². The molecule has 0 spiro atoms. The minimum absolute atomic E-state index is 0.0359. The van der Waals surface area contributed by atoms with E-state index in [4.69, 9.17) is 5.11 Å². The number of phenols is 1. The second kappa shape index (κ2) is 5.64. The predicted octanol–water partition coefficient (Wildman–Crippen LogP) is 3.48. The number of rotatable bonds is 3. The molecule has 0 bridgehead atoms. The normalized spacial score (nSPS) is 10.3. The van der Waals surface area contributed by atoms with Gasteiger partial charge >= 0.3 is 5.97 Å². The van der Waals surface area contributed by atoms with Crippen molar-refractivity contribution in [3.63, 3.8) is 0 Å². The lowest BCUT2D eigenvalue weighted by atomic mass is 10.2. The summed E-state index contributed by atoms with van der Waals surface area (Å²) in [5.74, 6) is -1.47. The van der Waals surface area contributed by atoms with Crippen LogP contribution >= 0.6 is 27.3 Å². The number of hydrogen-bond acceptors (Lipinski definition) is 4. The molecule has 0 fully saturated rings. The van der Waals surface area contributed by atoms with E-state index in [0.717, 1.165) is 11.3 Å². The lowest BCUT2D eigenvalue weighted by Gasteiger charge is -2.04. The zero-order chi connectivity index (χ0) is 14.9. The molecule has 7 heteroatoms. The summed E-state index contributed by atoms with van der Waals surface area (Å²) in [4.78, 5) is 23.1. The number of halogens is 1. The lowest BCUT2D eigenvalue weighted by molar-refractivity contribution is 0.0701. The van der Waals surface area contributed by atoms with E-state index >= 15 is 0 Å². The molecule has 2 aromatic rings. The third-order valence-corrected chi connectivity index (χ3v) is 4.37. The highest BCUT2D eigenvalue weighted by Gasteiger charge is 2.15. The number of anilines is 1. The fourth-order valence-corrected chi connectivity index (χ4v) is 2.75. The Labute approximate surface area is 127 Å². The van der Waals surface area contributed by atoms with E-state index in [1.807, 2.05) is 0 Å². The van der Waals surface area contributed by atoms with E-state index in [1.165, 1.54) is 6.07 Å². The van der Waals surface area contributed by atoms with Crippen molar-refractivity contribution in [2.75, 3.05) is 5.32 Å². The molecule has 20 heavy (non-hydrogen) atoms. The highest BCUT2D eigenvalue weighted by Crippen LogP contribution is 2.28. The summed E-state index contributed by atoms with van der Waals surface area (Å²) in [5.41, 5.74) is 0.880. The standard InChI is InChI=1S/C13H10BrNO4S/c1-6-4-10(20-11(6)13(18)19)15-12(17)7-2-3-8(14)9(16)5-7/h2-5,16H,1H3,(H,15,17)(H,18,19). The number of amides is 1. The molecule has 0 aliphatic rings. The quantitative estimate of drug-likeness (QED) is 0.786. The number of aromatic carboxylic acids is 1. The number of nitrogens with one attached hydrogen (secondary N) is 1. The van der Waals surface area contributed by atoms with E-state index in [0.29, 0.717) is 15.0 Å². The second-order valence-electron chi connectivity index (χ2n) is 4.05. The van der Waals surface area contributed by atoms with Gasteiger partial charge in [0.25, 0.3) is 5.91 Å². The number of aryl methyl sites for hydroxylation is 1. The van der Waals surface area contributed by atoms with Gasteiger partial charge in [-0.05, 0) is 52.7 Å². The zero-order valence-electron chi connectivity index (χ0n) is 10.3. The van der Waals surface area contributed by atoms with Gasteiger partial charge in [0.05, 0.1) is 9.47 Å². The Hall–Kier alpha value is -1.86. The Morgan fingerprint density at radius 2 is 2.00 bits per heavy atom. The van der Waals surface area contributed by atoms with Gasteiger partial charge in [0.15, 0.2) is 0 Å². The maximum absolute atomic E-state index is 12.0. The molecular formula is C13H10BrNO4S. The Morgan fingerprint density at radius 1 is 1.30 bits per heavy atom. The molecule has 104 valence electrons. The van der Waals surface area contributed by atoms with E-state index in [2.05, 4.69) is 21.2 Å². The number of carbonyl (C=O) groups excluding carboxylic acids is 1. The molecule has 3 N–H and O–H groups in total. The summed E-state index contributed by atoms with van der Waals surface area (Å²) in [7, 11) is 0. The summed E-state index contributed by atoms with van der Waals surface area (Å²) in [6.45, 7) is 1.67. The average Bonchev–Trinajstić information content (AvgIpc) is 2.73. The highest BCUT2D eigenvalue weighted by molar-refractivity contribution is 9.10. The predicted molar refractivity (Wildman–Crippen MR) is 79.8 cm³/mol. The first-order valence-electron chi connectivity index (χ1n) is 5.52. The minimum Gasteiger partial charge on any atom is -0.507 e. The van der Waals surface area contributed by atoms with Gasteiger partial charge in [-0.1, -0.05) is 0 Å². The number of carboxylic acids is 1. The van der Waals surface area contributed by atoms with Crippen molar-refractivity contribution in [2.45, 2.75) is 6.92 Å². The molecule has 0 saturated carbocycles. The van der Waals surface area contributed by atoms with Gasteiger partial charge in [-0.2, -0.15) is 0 Å². The van der Waals surface area contributed by atoms with Gasteiger partial charge in [-0.25, -0.2) is 4.79 Å². The van der Waals surface area contributed by atoms with Gasteiger partial charge in [-0.15, -0.1) is 11.3 Å². The van der Waals surface area contributed by atoms with Crippen molar-refractivity contribution in [1.29, 1.82) is 0 Å². The second-order valence-corrected chi connectivity index (χ2v) is 5.95. The van der Waals surface area contributed by atoms with Crippen molar-refractivity contribution in [2.24, 2.45) is 0 Å². The van der Waals surface area contributed by atoms with Crippen LogP contribution in [0, 0.1) is 6.92 Å². The van der Waals surface area contributed by atoms with Crippen molar-refractivity contribution in [3.8, 4) is 5.75 Å². The third kappa shape index (κ3) is 3.00. The molecule has 1 aromatic carbocycles. The van der Waals surface area contributed by atoms with Crippen LogP contribution in [-0.4, -0.2) is 22.1 Å². The molecule has 1 amide bonds. The van der Waals surface area contributed by atoms with E-state index in [9.17, 15) is 14.7 Å². The number of carbonyl (C=O) groups is 2. The molecule has 0 radical (unpaired) electrons. The van der Waals surface area contributed by atoms with E-state index < -0.39 is 11.9 Å². The molecular weight excluding hydrogens is 346 g/mol. The molecule has 0 atom stereocenters. The molecule has 1 aromatic heterocycles. The van der Waals surface area contributed by atoms with Crippen LogP contribution < -0.4 is 5.32 Å². The number of carboxylic acid groups (broad SMARTS) is 1. The third-order valence-electron chi connectivity index (χ3n) is 2.56. The Bertz CT molecular complexity index is 696. The first-order valence-corrected chi connectivity index (χ1v) is 7.13. The van der Waals surface area contributed by atoms with Crippen LogP contribution in [0.1, 0.15) is 25.6 Å². The van der Waals surface area contributed by atoms with Gasteiger partial charge in [0.1, 0.15) is 10.6 Å². The SMILES string of the molecule is Cc1cc(NC(=O)c2ccc(Br)c(O)c2)sc1C(=O)O. The van der Waals surface area contributed by atoms with E-state index in [-0.39, 0.29) is 16.2 Å². The van der Waals surface area contributed by atoms with Gasteiger partial charge in [0.2, 0.25) is 0 Å². The van der Waals surface area contributed by atoms with Crippen molar-refractivity contribution < 1.29 is 19.8 Å². The van der Waals surface area contributed by atoms with Gasteiger partial charge < -0.3 is 15.5 Å². The maximum Gasteiger partial charge on any atom is 0.346 e. The summed E-state index contributed by atoms with van der Waals surface area (Å²) in [6.07, 6.45) is 0. The van der Waals surface area contributed by atoms with Gasteiger partial charge in [-0.3, -0.25) is 4.79 Å². The fourth-order valence-electron chi connectivity index (χ4n) is 1.59. The first-order chi connectivity index (χ1) is 9.38.